The summed E-state index contributed by atoms with van der Waals surface area (Å²) < 4.78 is 5.16. The van der Waals surface area contributed by atoms with E-state index in [1.807, 2.05) is 24.3 Å². The third-order valence-electron chi connectivity index (χ3n) is 3.19. The Bertz CT molecular complexity index is 707. The first-order valence-corrected chi connectivity index (χ1v) is 6.32. The minimum Gasteiger partial charge on any atom is -0.497 e. The molecule has 0 spiro atoms. The Morgan fingerprint density at radius 2 is 1.95 bits per heavy atom. The lowest BCUT2D eigenvalue weighted by Gasteiger charge is -2.15. The fraction of sp³-hybridized carbons (Fsp3) is 0.214. The van der Waals surface area contributed by atoms with E-state index in [9.17, 15) is 0 Å². The lowest BCUT2D eigenvalue weighted by Crippen LogP contribution is -2.08. The average molecular weight is 269 g/mol. The fourth-order valence-electron chi connectivity index (χ4n) is 2.06. The Morgan fingerprint density at radius 3 is 2.70 bits per heavy atom. The third kappa shape index (κ3) is 2.27. The Balaban J connectivity index is 1.84. The highest BCUT2D eigenvalue weighted by molar-refractivity contribution is 5.82. The van der Waals surface area contributed by atoms with E-state index in [1.165, 1.54) is 6.33 Å². The van der Waals surface area contributed by atoms with E-state index < -0.39 is 0 Å². The molecule has 0 saturated heterocycles. The molecule has 0 fully saturated rings. The summed E-state index contributed by atoms with van der Waals surface area (Å²) in [6, 6.07) is 8.06. The van der Waals surface area contributed by atoms with Crippen LogP contribution in [0.4, 0.5) is 5.82 Å². The van der Waals surface area contributed by atoms with Crippen molar-refractivity contribution in [2.45, 2.75) is 13.0 Å². The number of methoxy groups -OCH3 is 1. The van der Waals surface area contributed by atoms with E-state index >= 15 is 0 Å². The molecule has 0 saturated carbocycles. The normalized spacial score (nSPS) is 12.3. The molecule has 1 unspecified atom stereocenters. The largest absolute Gasteiger partial charge is 0.497 e. The van der Waals surface area contributed by atoms with Crippen LogP contribution in [0.15, 0.2) is 36.9 Å². The summed E-state index contributed by atoms with van der Waals surface area (Å²) in [6.07, 6.45) is 3.12. The van der Waals surface area contributed by atoms with Crippen molar-refractivity contribution < 1.29 is 4.74 Å². The highest BCUT2D eigenvalue weighted by Gasteiger charge is 2.10. The van der Waals surface area contributed by atoms with Crippen LogP contribution in [-0.2, 0) is 0 Å². The molecule has 0 amide bonds. The van der Waals surface area contributed by atoms with Crippen LogP contribution in [0.25, 0.3) is 11.2 Å². The van der Waals surface area contributed by atoms with Crippen molar-refractivity contribution in [1.29, 1.82) is 0 Å². The molecule has 20 heavy (non-hydrogen) atoms. The summed E-state index contributed by atoms with van der Waals surface area (Å²) >= 11 is 0. The summed E-state index contributed by atoms with van der Waals surface area (Å²) in [5.41, 5.74) is 2.62. The number of hydrogen-bond acceptors (Lipinski definition) is 5. The number of benzene rings is 1. The quantitative estimate of drug-likeness (QED) is 0.761. The second kappa shape index (κ2) is 5.16. The number of fused-ring (bicyclic) bond motifs is 1. The van der Waals surface area contributed by atoms with Gasteiger partial charge in [0.2, 0.25) is 0 Å². The molecule has 102 valence electrons. The van der Waals surface area contributed by atoms with Gasteiger partial charge in [0, 0.05) is 0 Å². The van der Waals surface area contributed by atoms with Crippen LogP contribution in [-0.4, -0.2) is 27.0 Å². The number of H-pyrrole nitrogens is 1. The summed E-state index contributed by atoms with van der Waals surface area (Å²) in [5.74, 6) is 1.59. The van der Waals surface area contributed by atoms with Gasteiger partial charge in [-0.3, -0.25) is 0 Å². The smallest absolute Gasteiger partial charge is 0.182 e. The molecule has 3 aromatic rings. The number of aromatic nitrogens is 4. The molecule has 0 aliphatic carbocycles. The minimum absolute atomic E-state index is 0.113. The first-order chi connectivity index (χ1) is 9.78. The molecular formula is C14H15N5O. The van der Waals surface area contributed by atoms with Crippen molar-refractivity contribution in [2.24, 2.45) is 0 Å². The van der Waals surface area contributed by atoms with Crippen molar-refractivity contribution in [3.05, 3.63) is 42.5 Å². The zero-order valence-corrected chi connectivity index (χ0v) is 11.3. The van der Waals surface area contributed by atoms with Gasteiger partial charge < -0.3 is 15.0 Å². The van der Waals surface area contributed by atoms with Crippen LogP contribution in [0.3, 0.4) is 0 Å². The predicted molar refractivity (Wildman–Crippen MR) is 76.7 cm³/mol. The number of rotatable bonds is 4. The zero-order valence-electron chi connectivity index (χ0n) is 11.3. The molecule has 0 radical (unpaired) electrons. The van der Waals surface area contributed by atoms with Crippen LogP contribution in [0, 0.1) is 0 Å². The maximum atomic E-state index is 5.16. The molecule has 1 atom stereocenters. The van der Waals surface area contributed by atoms with Gasteiger partial charge in [-0.25, -0.2) is 15.0 Å². The van der Waals surface area contributed by atoms with Crippen molar-refractivity contribution in [3.8, 4) is 5.75 Å². The highest BCUT2D eigenvalue weighted by Crippen LogP contribution is 2.23. The second-order valence-corrected chi connectivity index (χ2v) is 4.46. The van der Waals surface area contributed by atoms with Crippen LogP contribution in [0.1, 0.15) is 18.5 Å². The summed E-state index contributed by atoms with van der Waals surface area (Å²) in [7, 11) is 1.66. The SMILES string of the molecule is COc1ccc(C(C)Nc2ncnc3nc[nH]c23)cc1. The summed E-state index contributed by atoms with van der Waals surface area (Å²) in [5, 5.41) is 3.36. The lowest BCUT2D eigenvalue weighted by molar-refractivity contribution is 0.414. The van der Waals surface area contributed by atoms with Crippen molar-refractivity contribution in [2.75, 3.05) is 12.4 Å². The van der Waals surface area contributed by atoms with E-state index in [2.05, 4.69) is 32.2 Å². The van der Waals surface area contributed by atoms with Crippen LogP contribution >= 0.6 is 0 Å². The molecule has 0 aliphatic heterocycles. The van der Waals surface area contributed by atoms with Gasteiger partial charge >= 0.3 is 0 Å². The molecular weight excluding hydrogens is 254 g/mol. The van der Waals surface area contributed by atoms with Crippen LogP contribution in [0.5, 0.6) is 5.75 Å². The number of hydrogen-bond donors (Lipinski definition) is 2. The van der Waals surface area contributed by atoms with Crippen LogP contribution in [0.2, 0.25) is 0 Å². The van der Waals surface area contributed by atoms with Gasteiger partial charge in [-0.15, -0.1) is 0 Å². The van der Waals surface area contributed by atoms with Gasteiger partial charge in [0.1, 0.15) is 17.6 Å². The lowest BCUT2D eigenvalue weighted by atomic mass is 10.1. The van der Waals surface area contributed by atoms with Gasteiger partial charge in [0.15, 0.2) is 11.5 Å². The number of nitrogens with zero attached hydrogens (tertiary/aromatic N) is 3. The average Bonchev–Trinajstić information content (AvgIpc) is 2.97. The maximum absolute atomic E-state index is 5.16. The van der Waals surface area contributed by atoms with E-state index in [-0.39, 0.29) is 6.04 Å². The monoisotopic (exact) mass is 269 g/mol. The third-order valence-corrected chi connectivity index (χ3v) is 3.19. The Kier molecular flexibility index (Phi) is 3.20. The van der Waals surface area contributed by atoms with E-state index in [0.717, 1.165) is 22.6 Å². The van der Waals surface area contributed by atoms with E-state index in [1.54, 1.807) is 13.4 Å². The van der Waals surface area contributed by atoms with E-state index in [0.29, 0.717) is 5.65 Å². The first kappa shape index (κ1) is 12.4. The fourth-order valence-corrected chi connectivity index (χ4v) is 2.06. The number of anilines is 1. The number of nitrogens with one attached hydrogen (secondary N) is 2. The minimum atomic E-state index is 0.113. The number of imidazole rings is 1. The molecule has 6 heteroatoms. The van der Waals surface area contributed by atoms with Crippen molar-refractivity contribution in [3.63, 3.8) is 0 Å². The van der Waals surface area contributed by atoms with Gasteiger partial charge in [-0.2, -0.15) is 0 Å². The molecule has 2 heterocycles. The molecule has 1 aromatic carbocycles. The maximum Gasteiger partial charge on any atom is 0.182 e. The summed E-state index contributed by atoms with van der Waals surface area (Å²) in [4.78, 5) is 15.5. The van der Waals surface area contributed by atoms with Gasteiger partial charge in [-0.05, 0) is 24.6 Å². The molecule has 2 N–H and O–H groups in total. The Labute approximate surface area is 116 Å². The van der Waals surface area contributed by atoms with Crippen molar-refractivity contribution >= 4 is 17.0 Å². The highest BCUT2D eigenvalue weighted by atomic mass is 16.5. The number of aromatic amines is 1. The second-order valence-electron chi connectivity index (χ2n) is 4.46. The predicted octanol–water partition coefficient (Wildman–Crippen LogP) is 2.53. The van der Waals surface area contributed by atoms with E-state index in [4.69, 9.17) is 4.74 Å². The van der Waals surface area contributed by atoms with Gasteiger partial charge in [-0.1, -0.05) is 12.1 Å². The topological polar surface area (TPSA) is 75.7 Å². The molecule has 0 aliphatic rings. The first-order valence-electron chi connectivity index (χ1n) is 6.32. The molecule has 6 nitrogen and oxygen atoms in total. The van der Waals surface area contributed by atoms with Gasteiger partial charge in [0.25, 0.3) is 0 Å². The Morgan fingerprint density at radius 1 is 1.15 bits per heavy atom. The van der Waals surface area contributed by atoms with Crippen LogP contribution < -0.4 is 10.1 Å². The summed E-state index contributed by atoms with van der Waals surface area (Å²) in [6.45, 7) is 2.08. The zero-order chi connectivity index (χ0) is 13.9. The molecule has 0 bridgehead atoms. The van der Waals surface area contributed by atoms with Gasteiger partial charge in [0.05, 0.1) is 19.5 Å². The number of ether oxygens (including phenoxy) is 1. The standard InChI is InChI=1S/C14H15N5O/c1-9(10-3-5-11(20-2)6-4-10)19-14-12-13(16-7-15-12)17-8-18-14/h3-9H,1-2H3,(H2,15,16,17,18,19). The molecule has 2 aromatic heterocycles. The molecule has 3 rings (SSSR count). The Hall–Kier alpha value is -2.63. The van der Waals surface area contributed by atoms with Crippen molar-refractivity contribution in [1.82, 2.24) is 19.9 Å².